The molecule has 1 aromatic carbocycles. The lowest BCUT2D eigenvalue weighted by Gasteiger charge is -2.31. The average Bonchev–Trinajstić information content (AvgIpc) is 3.31. The van der Waals surface area contributed by atoms with Crippen LogP contribution in [0.4, 0.5) is 0 Å². The first-order valence-corrected chi connectivity index (χ1v) is 10.5. The van der Waals surface area contributed by atoms with E-state index in [1.807, 2.05) is 18.2 Å². The molecule has 144 valence electrons. The molecule has 1 aliphatic heterocycles. The fraction of sp³-hybridized carbons (Fsp3) is 0.318. The molecule has 0 saturated carbocycles. The number of hydrogen-bond donors (Lipinski definition) is 1. The minimum absolute atomic E-state index is 0.592. The lowest BCUT2D eigenvalue weighted by Crippen LogP contribution is -2.32. The summed E-state index contributed by atoms with van der Waals surface area (Å²) in [6.45, 7) is 3.10. The Kier molecular flexibility index (Phi) is 4.61. The van der Waals surface area contributed by atoms with Crippen molar-refractivity contribution >= 4 is 32.5 Å². The van der Waals surface area contributed by atoms with Crippen molar-refractivity contribution in [3.05, 3.63) is 64.7 Å². The first-order chi connectivity index (χ1) is 13.7. The fourth-order valence-corrected chi connectivity index (χ4v) is 4.66. The zero-order valence-corrected chi connectivity index (χ0v) is 17.4. The molecule has 1 aliphatic rings. The van der Waals surface area contributed by atoms with Crippen LogP contribution in [0.1, 0.15) is 30.0 Å². The number of halogens is 1. The van der Waals surface area contributed by atoms with Gasteiger partial charge < -0.3 is 14.1 Å². The largest absolute Gasteiger partial charge is 0.497 e. The Morgan fingerprint density at radius 2 is 2.04 bits per heavy atom. The van der Waals surface area contributed by atoms with Crippen molar-refractivity contribution in [2.24, 2.45) is 0 Å². The molecule has 5 rings (SSSR count). The Morgan fingerprint density at radius 3 is 2.86 bits per heavy atom. The van der Waals surface area contributed by atoms with E-state index >= 15 is 0 Å². The van der Waals surface area contributed by atoms with Crippen molar-refractivity contribution in [2.75, 3.05) is 20.2 Å². The summed E-state index contributed by atoms with van der Waals surface area (Å²) in [6.07, 6.45) is 8.72. The van der Waals surface area contributed by atoms with E-state index < -0.39 is 0 Å². The first kappa shape index (κ1) is 17.8. The van der Waals surface area contributed by atoms with Crippen molar-refractivity contribution in [3.8, 4) is 5.75 Å². The second kappa shape index (κ2) is 7.26. The molecule has 6 heteroatoms. The van der Waals surface area contributed by atoms with Crippen molar-refractivity contribution in [2.45, 2.75) is 25.3 Å². The third kappa shape index (κ3) is 3.31. The zero-order valence-electron chi connectivity index (χ0n) is 15.9. The highest BCUT2D eigenvalue weighted by molar-refractivity contribution is 9.10. The van der Waals surface area contributed by atoms with Gasteiger partial charge in [-0.05, 0) is 83.7 Å². The van der Waals surface area contributed by atoms with Crippen LogP contribution in [0.3, 0.4) is 0 Å². The molecule has 4 heterocycles. The van der Waals surface area contributed by atoms with Gasteiger partial charge in [0.1, 0.15) is 11.4 Å². The minimum Gasteiger partial charge on any atom is -0.497 e. The van der Waals surface area contributed by atoms with E-state index in [2.05, 4.69) is 60.9 Å². The van der Waals surface area contributed by atoms with E-state index in [1.165, 1.54) is 29.3 Å². The van der Waals surface area contributed by atoms with Crippen LogP contribution in [0.2, 0.25) is 0 Å². The van der Waals surface area contributed by atoms with Gasteiger partial charge in [0.05, 0.1) is 12.8 Å². The number of fused-ring (bicyclic) bond motifs is 2. The van der Waals surface area contributed by atoms with Crippen LogP contribution in [-0.4, -0.2) is 39.5 Å². The lowest BCUT2D eigenvalue weighted by molar-refractivity contribution is 0.203. The second-order valence-corrected chi connectivity index (χ2v) is 8.47. The van der Waals surface area contributed by atoms with Crippen LogP contribution in [0, 0.1) is 0 Å². The molecule has 4 aromatic rings. The van der Waals surface area contributed by atoms with E-state index in [4.69, 9.17) is 9.72 Å². The van der Waals surface area contributed by atoms with Crippen LogP contribution in [-0.2, 0) is 6.54 Å². The SMILES string of the molecule is COc1ccc2[nH]cc(C3CCN(Cc4cn5cc(Br)ccc5n4)CC3)c2c1. The number of rotatable bonds is 4. The monoisotopic (exact) mass is 438 g/mol. The van der Waals surface area contributed by atoms with Gasteiger partial charge in [0.15, 0.2) is 0 Å². The lowest BCUT2D eigenvalue weighted by atomic mass is 9.89. The molecule has 0 amide bonds. The molecule has 0 bridgehead atoms. The van der Waals surface area contributed by atoms with Gasteiger partial charge in [-0.3, -0.25) is 4.90 Å². The van der Waals surface area contributed by atoms with Crippen LogP contribution in [0.15, 0.2) is 53.4 Å². The highest BCUT2D eigenvalue weighted by Gasteiger charge is 2.23. The summed E-state index contributed by atoms with van der Waals surface area (Å²) < 4.78 is 8.57. The predicted molar refractivity (Wildman–Crippen MR) is 115 cm³/mol. The fourth-order valence-electron chi connectivity index (χ4n) is 4.31. The molecule has 0 spiro atoms. The molecule has 0 aliphatic carbocycles. The topological polar surface area (TPSA) is 45.6 Å². The summed E-state index contributed by atoms with van der Waals surface area (Å²) >= 11 is 3.52. The highest BCUT2D eigenvalue weighted by Crippen LogP contribution is 2.35. The number of ether oxygens (including phenoxy) is 1. The standard InChI is InChI=1S/C22H23BrN4O/c1-28-18-3-4-21-19(10-18)20(11-24-21)15-6-8-26(9-7-15)13-17-14-27-12-16(23)2-5-22(27)25-17/h2-5,10-12,14-15,24H,6-9,13H2,1H3. The molecule has 3 aromatic heterocycles. The first-order valence-electron chi connectivity index (χ1n) is 9.70. The van der Waals surface area contributed by atoms with Crippen LogP contribution >= 0.6 is 15.9 Å². The molecular weight excluding hydrogens is 416 g/mol. The molecule has 28 heavy (non-hydrogen) atoms. The second-order valence-electron chi connectivity index (χ2n) is 7.55. The smallest absolute Gasteiger partial charge is 0.137 e. The van der Waals surface area contributed by atoms with Gasteiger partial charge in [0, 0.05) is 40.5 Å². The Labute approximate surface area is 172 Å². The number of piperidine rings is 1. The highest BCUT2D eigenvalue weighted by atomic mass is 79.9. The molecule has 1 fully saturated rings. The number of likely N-dealkylation sites (tertiary alicyclic amines) is 1. The van der Waals surface area contributed by atoms with Gasteiger partial charge in [-0.2, -0.15) is 0 Å². The van der Waals surface area contributed by atoms with E-state index in [0.29, 0.717) is 5.92 Å². The van der Waals surface area contributed by atoms with E-state index in [9.17, 15) is 0 Å². The van der Waals surface area contributed by atoms with Crippen LogP contribution in [0.25, 0.3) is 16.6 Å². The molecule has 0 atom stereocenters. The van der Waals surface area contributed by atoms with Crippen molar-refractivity contribution in [3.63, 3.8) is 0 Å². The van der Waals surface area contributed by atoms with Gasteiger partial charge in [-0.15, -0.1) is 0 Å². The normalized spacial score (nSPS) is 16.2. The Morgan fingerprint density at radius 1 is 1.18 bits per heavy atom. The van der Waals surface area contributed by atoms with Gasteiger partial charge in [0.2, 0.25) is 0 Å². The van der Waals surface area contributed by atoms with Gasteiger partial charge >= 0.3 is 0 Å². The molecule has 1 saturated heterocycles. The number of aromatic amines is 1. The number of benzene rings is 1. The number of hydrogen-bond acceptors (Lipinski definition) is 3. The number of aromatic nitrogens is 3. The number of imidazole rings is 1. The summed E-state index contributed by atoms with van der Waals surface area (Å²) in [5.41, 5.74) is 4.74. The maximum atomic E-state index is 5.42. The minimum atomic E-state index is 0.592. The maximum Gasteiger partial charge on any atom is 0.137 e. The number of methoxy groups -OCH3 is 1. The van der Waals surface area contributed by atoms with Crippen molar-refractivity contribution < 1.29 is 4.74 Å². The Bertz CT molecular complexity index is 1120. The molecule has 1 N–H and O–H groups in total. The van der Waals surface area contributed by atoms with Crippen LogP contribution < -0.4 is 4.74 Å². The summed E-state index contributed by atoms with van der Waals surface area (Å²) in [6, 6.07) is 10.4. The Hall–Kier alpha value is -2.31. The average molecular weight is 439 g/mol. The van der Waals surface area contributed by atoms with E-state index in [-0.39, 0.29) is 0 Å². The third-order valence-corrected chi connectivity index (χ3v) is 6.27. The van der Waals surface area contributed by atoms with Gasteiger partial charge in [0.25, 0.3) is 0 Å². The van der Waals surface area contributed by atoms with Gasteiger partial charge in [-0.25, -0.2) is 4.98 Å². The van der Waals surface area contributed by atoms with E-state index in [0.717, 1.165) is 41.2 Å². The summed E-state index contributed by atoms with van der Waals surface area (Å²) in [7, 11) is 1.73. The molecule has 5 nitrogen and oxygen atoms in total. The third-order valence-electron chi connectivity index (χ3n) is 5.80. The van der Waals surface area contributed by atoms with Crippen molar-refractivity contribution in [1.29, 1.82) is 0 Å². The van der Waals surface area contributed by atoms with E-state index in [1.54, 1.807) is 7.11 Å². The number of H-pyrrole nitrogens is 1. The quantitative estimate of drug-likeness (QED) is 0.489. The molecule has 0 unspecified atom stereocenters. The number of nitrogens with zero attached hydrogens (tertiary/aromatic N) is 3. The predicted octanol–water partition coefficient (Wildman–Crippen LogP) is 4.97. The molecule has 0 radical (unpaired) electrons. The van der Waals surface area contributed by atoms with Crippen molar-refractivity contribution in [1.82, 2.24) is 19.3 Å². The summed E-state index contributed by atoms with van der Waals surface area (Å²) in [5.74, 6) is 1.51. The molecular formula is C22H23BrN4O. The summed E-state index contributed by atoms with van der Waals surface area (Å²) in [5, 5.41) is 1.30. The van der Waals surface area contributed by atoms with Crippen LogP contribution in [0.5, 0.6) is 5.75 Å². The zero-order chi connectivity index (χ0) is 19.1. The van der Waals surface area contributed by atoms with Gasteiger partial charge in [-0.1, -0.05) is 0 Å². The maximum absolute atomic E-state index is 5.42. The number of nitrogens with one attached hydrogen (secondary N) is 1. The number of pyridine rings is 1. The Balaban J connectivity index is 1.28. The summed E-state index contributed by atoms with van der Waals surface area (Å²) in [4.78, 5) is 10.7.